The van der Waals surface area contributed by atoms with E-state index >= 15 is 0 Å². The molecule has 0 radical (unpaired) electrons. The fourth-order valence-electron chi connectivity index (χ4n) is 2.28. The lowest BCUT2D eigenvalue weighted by atomic mass is 10.1. The van der Waals surface area contributed by atoms with Crippen LogP contribution in [0, 0.1) is 5.82 Å². The van der Waals surface area contributed by atoms with E-state index in [-0.39, 0.29) is 22.8 Å². The van der Waals surface area contributed by atoms with Gasteiger partial charge in [-0.15, -0.1) is 0 Å². The minimum atomic E-state index is -0.566. The topological polar surface area (TPSA) is 49.4 Å². The van der Waals surface area contributed by atoms with E-state index in [9.17, 15) is 14.0 Å². The number of benzene rings is 2. The van der Waals surface area contributed by atoms with Gasteiger partial charge in [-0.3, -0.25) is 9.69 Å². The normalized spacial score (nSPS) is 16.0. The van der Waals surface area contributed by atoms with Gasteiger partial charge in [0.1, 0.15) is 11.5 Å². The maximum atomic E-state index is 13.8. The number of amides is 3. The Labute approximate surface area is 151 Å². The smallest absolute Gasteiger partial charge is 0.303 e. The molecule has 1 heterocycles. The van der Waals surface area contributed by atoms with Crippen molar-refractivity contribution in [2.45, 2.75) is 6.54 Å². The molecule has 4 nitrogen and oxygen atoms in total. The molecule has 1 aliphatic heterocycles. The molecule has 1 aliphatic rings. The highest BCUT2D eigenvalue weighted by Crippen LogP contribution is 2.24. The van der Waals surface area contributed by atoms with Crippen LogP contribution in [0.5, 0.6) is 0 Å². The maximum Gasteiger partial charge on any atom is 0.329 e. The number of rotatable bonds is 3. The summed E-state index contributed by atoms with van der Waals surface area (Å²) >= 11 is 9.27. The number of halogens is 3. The third-order valence-electron chi connectivity index (χ3n) is 3.50. The molecule has 0 unspecified atom stereocenters. The van der Waals surface area contributed by atoms with Crippen molar-refractivity contribution in [2.24, 2.45) is 0 Å². The quantitative estimate of drug-likeness (QED) is 0.606. The van der Waals surface area contributed by atoms with Crippen LogP contribution in [-0.2, 0) is 11.3 Å². The van der Waals surface area contributed by atoms with Gasteiger partial charge in [0.15, 0.2) is 0 Å². The van der Waals surface area contributed by atoms with Gasteiger partial charge in [0.2, 0.25) is 0 Å². The zero-order chi connectivity index (χ0) is 17.3. The molecule has 2 aromatic rings. The summed E-state index contributed by atoms with van der Waals surface area (Å²) < 4.78 is 14.7. The van der Waals surface area contributed by atoms with Crippen LogP contribution in [0.25, 0.3) is 6.08 Å². The number of nitrogens with zero attached hydrogens (tertiary/aromatic N) is 1. The molecule has 0 atom stereocenters. The van der Waals surface area contributed by atoms with Crippen molar-refractivity contribution in [1.29, 1.82) is 0 Å². The molecular formula is C17H11BrClFN2O2. The van der Waals surface area contributed by atoms with Crippen molar-refractivity contribution < 1.29 is 14.0 Å². The van der Waals surface area contributed by atoms with E-state index < -0.39 is 17.8 Å². The van der Waals surface area contributed by atoms with Gasteiger partial charge in [0.25, 0.3) is 5.91 Å². The van der Waals surface area contributed by atoms with Gasteiger partial charge < -0.3 is 5.32 Å². The largest absolute Gasteiger partial charge is 0.329 e. The van der Waals surface area contributed by atoms with Crippen molar-refractivity contribution in [3.63, 3.8) is 0 Å². The summed E-state index contributed by atoms with van der Waals surface area (Å²) in [7, 11) is 0. The molecule has 1 fully saturated rings. The number of carbonyl (C=O) groups is 2. The van der Waals surface area contributed by atoms with Gasteiger partial charge in [-0.1, -0.05) is 45.7 Å². The van der Waals surface area contributed by atoms with Crippen LogP contribution in [0.1, 0.15) is 11.1 Å². The first-order chi connectivity index (χ1) is 11.5. The van der Waals surface area contributed by atoms with E-state index in [4.69, 9.17) is 11.6 Å². The van der Waals surface area contributed by atoms with Crippen molar-refractivity contribution in [3.8, 4) is 0 Å². The predicted octanol–water partition coefficient (Wildman–Crippen LogP) is 4.33. The molecule has 3 rings (SSSR count). The van der Waals surface area contributed by atoms with E-state index in [1.807, 2.05) is 12.1 Å². The lowest BCUT2D eigenvalue weighted by Gasteiger charge is -2.11. The number of imide groups is 1. The Kier molecular flexibility index (Phi) is 4.69. The van der Waals surface area contributed by atoms with Crippen LogP contribution >= 0.6 is 27.5 Å². The van der Waals surface area contributed by atoms with Crippen molar-refractivity contribution >= 4 is 45.5 Å². The average molecular weight is 410 g/mol. The monoisotopic (exact) mass is 408 g/mol. The van der Waals surface area contributed by atoms with E-state index in [1.54, 1.807) is 12.1 Å². The first kappa shape index (κ1) is 16.7. The van der Waals surface area contributed by atoms with Crippen LogP contribution in [0.3, 0.4) is 0 Å². The molecule has 0 bridgehead atoms. The number of hydrogen-bond donors (Lipinski definition) is 1. The van der Waals surface area contributed by atoms with Gasteiger partial charge in [-0.05, 0) is 35.9 Å². The molecule has 0 spiro atoms. The second kappa shape index (κ2) is 6.75. The Balaban J connectivity index is 1.86. The van der Waals surface area contributed by atoms with Gasteiger partial charge in [-0.25, -0.2) is 9.18 Å². The maximum absolute atomic E-state index is 13.8. The SMILES string of the molecule is O=C1N/C(=C/c2c(F)cccc2Cl)C(=O)N1Cc1ccc(Br)cc1. The zero-order valence-electron chi connectivity index (χ0n) is 12.2. The molecule has 24 heavy (non-hydrogen) atoms. The molecule has 0 saturated carbocycles. The number of urea groups is 1. The van der Waals surface area contributed by atoms with Gasteiger partial charge in [0, 0.05) is 10.0 Å². The van der Waals surface area contributed by atoms with Gasteiger partial charge in [-0.2, -0.15) is 0 Å². The Morgan fingerprint density at radius 1 is 1.17 bits per heavy atom. The van der Waals surface area contributed by atoms with Gasteiger partial charge >= 0.3 is 6.03 Å². The van der Waals surface area contributed by atoms with Gasteiger partial charge in [0.05, 0.1) is 11.6 Å². The van der Waals surface area contributed by atoms with E-state index in [2.05, 4.69) is 21.2 Å². The summed E-state index contributed by atoms with van der Waals surface area (Å²) in [5.41, 5.74) is 0.851. The average Bonchev–Trinajstić information content (AvgIpc) is 2.80. The molecule has 2 aromatic carbocycles. The first-order valence-electron chi connectivity index (χ1n) is 6.98. The summed E-state index contributed by atoms with van der Waals surface area (Å²) in [4.78, 5) is 25.5. The van der Waals surface area contributed by atoms with Crippen LogP contribution in [0.4, 0.5) is 9.18 Å². The minimum Gasteiger partial charge on any atom is -0.303 e. The lowest BCUT2D eigenvalue weighted by Crippen LogP contribution is -2.30. The number of hydrogen-bond acceptors (Lipinski definition) is 2. The van der Waals surface area contributed by atoms with Crippen LogP contribution in [-0.4, -0.2) is 16.8 Å². The van der Waals surface area contributed by atoms with Crippen molar-refractivity contribution in [1.82, 2.24) is 10.2 Å². The highest BCUT2D eigenvalue weighted by atomic mass is 79.9. The third kappa shape index (κ3) is 3.34. The molecule has 0 aromatic heterocycles. The van der Waals surface area contributed by atoms with Crippen molar-refractivity contribution in [2.75, 3.05) is 0 Å². The highest BCUT2D eigenvalue weighted by molar-refractivity contribution is 9.10. The van der Waals surface area contributed by atoms with E-state index in [1.165, 1.54) is 24.3 Å². The molecule has 1 N–H and O–H groups in total. The second-order valence-corrected chi connectivity index (χ2v) is 6.46. The highest BCUT2D eigenvalue weighted by Gasteiger charge is 2.33. The summed E-state index contributed by atoms with van der Waals surface area (Å²) in [6.45, 7) is 0.125. The molecule has 1 saturated heterocycles. The Morgan fingerprint density at radius 2 is 1.88 bits per heavy atom. The lowest BCUT2D eigenvalue weighted by molar-refractivity contribution is -0.123. The second-order valence-electron chi connectivity index (χ2n) is 5.14. The third-order valence-corrected chi connectivity index (χ3v) is 4.36. The Hall–Kier alpha value is -2.18. The van der Waals surface area contributed by atoms with Crippen molar-refractivity contribution in [3.05, 3.63) is 74.6 Å². The van der Waals surface area contributed by atoms with Crippen LogP contribution < -0.4 is 5.32 Å². The molecule has 3 amide bonds. The minimum absolute atomic E-state index is 0.0101. The number of nitrogens with one attached hydrogen (secondary N) is 1. The standard InChI is InChI=1S/C17H11BrClFN2O2/c18-11-6-4-10(5-7-11)9-22-16(23)15(21-17(22)24)8-12-13(19)2-1-3-14(12)20/h1-8H,9H2,(H,21,24)/b15-8+. The Morgan fingerprint density at radius 3 is 2.54 bits per heavy atom. The van der Waals surface area contributed by atoms with E-state index in [0.29, 0.717) is 0 Å². The molecule has 7 heteroatoms. The summed E-state index contributed by atoms with van der Waals surface area (Å²) in [6.07, 6.45) is 1.25. The van der Waals surface area contributed by atoms with E-state index in [0.717, 1.165) is 14.9 Å². The first-order valence-corrected chi connectivity index (χ1v) is 8.16. The fraction of sp³-hybridized carbons (Fsp3) is 0.0588. The van der Waals surface area contributed by atoms with Crippen LogP contribution in [0.2, 0.25) is 5.02 Å². The molecule has 0 aliphatic carbocycles. The Bertz CT molecular complexity index is 832. The predicted molar refractivity (Wildman–Crippen MR) is 92.6 cm³/mol. The summed E-state index contributed by atoms with van der Waals surface area (Å²) in [5, 5.41) is 2.62. The molecular weight excluding hydrogens is 399 g/mol. The molecule has 122 valence electrons. The summed E-state index contributed by atoms with van der Waals surface area (Å²) in [6, 6.07) is 10.9. The fourth-order valence-corrected chi connectivity index (χ4v) is 2.76. The number of carbonyl (C=O) groups excluding carboxylic acids is 2. The van der Waals surface area contributed by atoms with Crippen LogP contribution in [0.15, 0.2) is 52.6 Å². The summed E-state index contributed by atoms with van der Waals surface area (Å²) in [5.74, 6) is -1.09. The zero-order valence-corrected chi connectivity index (χ0v) is 14.6.